The van der Waals surface area contributed by atoms with Crippen LogP contribution >= 0.6 is 11.6 Å². The number of nitrogens with zero attached hydrogens (tertiary/aromatic N) is 1. The standard InChI is InChI=1S/C17H22ClNO2/c1-21-16-9-5-6-14(12-16)10-11-19(17(20)13-18)15-7-3-2-4-8-15/h5-7,9,12H,2-4,8,10-11,13H2,1H3. The average Bonchev–Trinajstić information content (AvgIpc) is 2.56. The summed E-state index contributed by atoms with van der Waals surface area (Å²) >= 11 is 5.76. The van der Waals surface area contributed by atoms with Crippen molar-refractivity contribution in [3.63, 3.8) is 0 Å². The summed E-state index contributed by atoms with van der Waals surface area (Å²) in [4.78, 5) is 13.9. The van der Waals surface area contributed by atoms with Gasteiger partial charge in [0, 0.05) is 12.2 Å². The Morgan fingerprint density at radius 2 is 2.24 bits per heavy atom. The Morgan fingerprint density at radius 1 is 1.38 bits per heavy atom. The third kappa shape index (κ3) is 4.50. The Labute approximate surface area is 131 Å². The number of halogens is 1. The maximum absolute atomic E-state index is 12.1. The molecule has 0 atom stereocenters. The number of hydrogen-bond acceptors (Lipinski definition) is 2. The molecule has 0 saturated heterocycles. The summed E-state index contributed by atoms with van der Waals surface area (Å²) in [6.07, 6.45) is 7.37. The number of allylic oxidation sites excluding steroid dienone is 2. The van der Waals surface area contributed by atoms with E-state index in [2.05, 4.69) is 12.1 Å². The molecule has 0 N–H and O–H groups in total. The third-order valence-electron chi connectivity index (χ3n) is 3.79. The maximum Gasteiger partial charge on any atom is 0.241 e. The molecule has 114 valence electrons. The van der Waals surface area contributed by atoms with Crippen LogP contribution in [0.5, 0.6) is 5.75 Å². The number of methoxy groups -OCH3 is 1. The molecule has 1 aromatic rings. The summed E-state index contributed by atoms with van der Waals surface area (Å²) in [7, 11) is 1.66. The van der Waals surface area contributed by atoms with E-state index in [1.165, 1.54) is 6.42 Å². The van der Waals surface area contributed by atoms with Crippen molar-refractivity contribution in [3.05, 3.63) is 41.6 Å². The molecule has 0 fully saturated rings. The highest BCUT2D eigenvalue weighted by atomic mass is 35.5. The maximum atomic E-state index is 12.1. The highest BCUT2D eigenvalue weighted by Gasteiger charge is 2.18. The highest BCUT2D eigenvalue weighted by Crippen LogP contribution is 2.22. The van der Waals surface area contributed by atoms with Crippen LogP contribution in [0.3, 0.4) is 0 Å². The summed E-state index contributed by atoms with van der Waals surface area (Å²) in [5.74, 6) is 0.877. The van der Waals surface area contributed by atoms with Gasteiger partial charge in [-0.2, -0.15) is 0 Å². The van der Waals surface area contributed by atoms with Crippen LogP contribution in [0.25, 0.3) is 0 Å². The van der Waals surface area contributed by atoms with Gasteiger partial charge in [0.25, 0.3) is 0 Å². The normalized spacial score (nSPS) is 14.5. The van der Waals surface area contributed by atoms with Gasteiger partial charge in [0.2, 0.25) is 5.91 Å². The topological polar surface area (TPSA) is 29.5 Å². The van der Waals surface area contributed by atoms with Gasteiger partial charge in [0.05, 0.1) is 7.11 Å². The van der Waals surface area contributed by atoms with Crippen molar-refractivity contribution in [1.29, 1.82) is 0 Å². The van der Waals surface area contributed by atoms with E-state index >= 15 is 0 Å². The van der Waals surface area contributed by atoms with Gasteiger partial charge in [-0.15, -0.1) is 11.6 Å². The lowest BCUT2D eigenvalue weighted by molar-refractivity contribution is -0.126. The number of carbonyl (C=O) groups is 1. The number of amides is 1. The number of carbonyl (C=O) groups excluding carboxylic acids is 1. The van der Waals surface area contributed by atoms with Crippen LogP contribution in [0.15, 0.2) is 36.0 Å². The summed E-state index contributed by atoms with van der Waals surface area (Å²) in [5.41, 5.74) is 2.30. The summed E-state index contributed by atoms with van der Waals surface area (Å²) < 4.78 is 5.23. The quantitative estimate of drug-likeness (QED) is 0.749. The second-order valence-corrected chi connectivity index (χ2v) is 5.49. The molecule has 1 aliphatic carbocycles. The van der Waals surface area contributed by atoms with Crippen molar-refractivity contribution in [1.82, 2.24) is 4.90 Å². The molecule has 2 rings (SSSR count). The summed E-state index contributed by atoms with van der Waals surface area (Å²) in [5, 5.41) is 0. The van der Waals surface area contributed by atoms with E-state index < -0.39 is 0 Å². The highest BCUT2D eigenvalue weighted by molar-refractivity contribution is 6.27. The van der Waals surface area contributed by atoms with Gasteiger partial charge < -0.3 is 9.64 Å². The lowest BCUT2D eigenvalue weighted by Crippen LogP contribution is -2.33. The van der Waals surface area contributed by atoms with Crippen molar-refractivity contribution in [2.24, 2.45) is 0 Å². The molecule has 3 nitrogen and oxygen atoms in total. The minimum atomic E-state index is -0.00675. The second-order valence-electron chi connectivity index (χ2n) is 5.22. The Kier molecular flexibility index (Phi) is 6.12. The van der Waals surface area contributed by atoms with Gasteiger partial charge in [-0.3, -0.25) is 4.79 Å². The van der Waals surface area contributed by atoms with Crippen molar-refractivity contribution >= 4 is 17.5 Å². The first kappa shape index (κ1) is 15.9. The summed E-state index contributed by atoms with van der Waals surface area (Å²) in [6.45, 7) is 0.671. The molecule has 1 aliphatic rings. The van der Waals surface area contributed by atoms with Gasteiger partial charge in [-0.1, -0.05) is 18.2 Å². The van der Waals surface area contributed by atoms with Gasteiger partial charge >= 0.3 is 0 Å². The van der Waals surface area contributed by atoms with E-state index in [9.17, 15) is 4.79 Å². The first-order valence-corrected chi connectivity index (χ1v) is 7.96. The molecular formula is C17H22ClNO2. The van der Waals surface area contributed by atoms with Crippen LogP contribution in [0.2, 0.25) is 0 Å². The predicted molar refractivity (Wildman–Crippen MR) is 85.7 cm³/mol. The van der Waals surface area contributed by atoms with Gasteiger partial charge in [-0.25, -0.2) is 0 Å². The zero-order valence-corrected chi connectivity index (χ0v) is 13.2. The largest absolute Gasteiger partial charge is 0.497 e. The van der Waals surface area contributed by atoms with Crippen molar-refractivity contribution in [2.45, 2.75) is 32.1 Å². The molecule has 0 spiro atoms. The minimum Gasteiger partial charge on any atom is -0.497 e. The van der Waals surface area contributed by atoms with E-state index in [0.717, 1.165) is 42.7 Å². The van der Waals surface area contributed by atoms with E-state index in [-0.39, 0.29) is 11.8 Å². The fraction of sp³-hybridized carbons (Fsp3) is 0.471. The van der Waals surface area contributed by atoms with Crippen LogP contribution in [-0.4, -0.2) is 30.3 Å². The van der Waals surface area contributed by atoms with Crippen molar-refractivity contribution in [2.75, 3.05) is 19.5 Å². The van der Waals surface area contributed by atoms with Gasteiger partial charge in [-0.05, 0) is 49.8 Å². The van der Waals surface area contributed by atoms with Crippen molar-refractivity contribution in [3.8, 4) is 5.75 Å². The van der Waals surface area contributed by atoms with Crippen LogP contribution in [0.1, 0.15) is 31.2 Å². The molecule has 21 heavy (non-hydrogen) atoms. The monoisotopic (exact) mass is 307 g/mol. The molecule has 0 bridgehead atoms. The van der Waals surface area contributed by atoms with E-state index in [4.69, 9.17) is 16.3 Å². The smallest absolute Gasteiger partial charge is 0.241 e. The first-order valence-electron chi connectivity index (χ1n) is 7.43. The zero-order chi connectivity index (χ0) is 15.1. The van der Waals surface area contributed by atoms with Crippen LogP contribution in [0, 0.1) is 0 Å². The van der Waals surface area contributed by atoms with Crippen molar-refractivity contribution < 1.29 is 9.53 Å². The molecule has 1 amide bonds. The number of hydrogen-bond donors (Lipinski definition) is 0. The Hall–Kier alpha value is -1.48. The summed E-state index contributed by atoms with van der Waals surface area (Å²) in [6, 6.07) is 7.97. The molecule has 0 radical (unpaired) electrons. The molecule has 0 aromatic heterocycles. The zero-order valence-electron chi connectivity index (χ0n) is 12.5. The van der Waals surface area contributed by atoms with E-state index in [0.29, 0.717) is 6.54 Å². The number of alkyl halides is 1. The fourth-order valence-corrected chi connectivity index (χ4v) is 2.78. The molecule has 4 heteroatoms. The molecule has 1 aromatic carbocycles. The third-order valence-corrected chi connectivity index (χ3v) is 4.02. The second kappa shape index (κ2) is 8.08. The first-order chi connectivity index (χ1) is 10.2. The molecule has 0 unspecified atom stereocenters. The van der Waals surface area contributed by atoms with E-state index in [1.807, 2.05) is 23.1 Å². The van der Waals surface area contributed by atoms with Crippen LogP contribution < -0.4 is 4.74 Å². The molecule has 0 heterocycles. The predicted octanol–water partition coefficient (Wildman–Crippen LogP) is 3.76. The Bertz CT molecular complexity index is 513. The van der Waals surface area contributed by atoms with Crippen LogP contribution in [-0.2, 0) is 11.2 Å². The fourth-order valence-electron chi connectivity index (χ4n) is 2.64. The van der Waals surface area contributed by atoms with Crippen LogP contribution in [0.4, 0.5) is 0 Å². The SMILES string of the molecule is COc1cccc(CCN(C(=O)CCl)C2=CCCCC2)c1. The number of ether oxygens (including phenoxy) is 1. The number of benzene rings is 1. The molecule has 0 saturated carbocycles. The molecule has 0 aliphatic heterocycles. The number of rotatable bonds is 6. The van der Waals surface area contributed by atoms with Gasteiger partial charge in [0.15, 0.2) is 0 Å². The molecular weight excluding hydrogens is 286 g/mol. The Balaban J connectivity index is 2.04. The minimum absolute atomic E-state index is 0.00675. The van der Waals surface area contributed by atoms with E-state index in [1.54, 1.807) is 7.11 Å². The Morgan fingerprint density at radius 3 is 2.90 bits per heavy atom. The van der Waals surface area contributed by atoms with Gasteiger partial charge in [0.1, 0.15) is 11.6 Å². The lowest BCUT2D eigenvalue weighted by Gasteiger charge is -2.27. The lowest BCUT2D eigenvalue weighted by atomic mass is 10.0. The average molecular weight is 308 g/mol.